The summed E-state index contributed by atoms with van der Waals surface area (Å²) in [5, 5.41) is 9.68. The zero-order chi connectivity index (χ0) is 8.39. The summed E-state index contributed by atoms with van der Waals surface area (Å²) < 4.78 is 2.13. The van der Waals surface area contributed by atoms with Crippen LogP contribution in [0.3, 0.4) is 0 Å². The van der Waals surface area contributed by atoms with E-state index in [0.717, 1.165) is 0 Å². The first kappa shape index (κ1) is 8.05. The Morgan fingerprint density at radius 3 is 2.67 bits per heavy atom. The fraction of sp³-hybridized carbons (Fsp3) is 0.667. The molecule has 1 fully saturated rings. The smallest absolute Gasteiger partial charge is 0.182 e. The van der Waals surface area contributed by atoms with Crippen molar-refractivity contribution in [3.63, 3.8) is 0 Å². The summed E-state index contributed by atoms with van der Waals surface area (Å²) in [5.74, 6) is 0. The summed E-state index contributed by atoms with van der Waals surface area (Å²) in [6.07, 6.45) is 8.66. The van der Waals surface area contributed by atoms with Gasteiger partial charge < -0.3 is 4.57 Å². The molecule has 0 aromatic carbocycles. The summed E-state index contributed by atoms with van der Waals surface area (Å²) in [6, 6.07) is 0.623. The average molecular weight is 182 g/mol. The zero-order valence-electron chi connectivity index (χ0n) is 7.12. The highest BCUT2D eigenvalue weighted by molar-refractivity contribution is 7.06. The molecule has 0 bridgehead atoms. The quantitative estimate of drug-likeness (QED) is 0.691. The van der Waals surface area contributed by atoms with E-state index in [4.69, 9.17) is 5.41 Å². The zero-order valence-corrected chi connectivity index (χ0v) is 7.94. The van der Waals surface area contributed by atoms with Gasteiger partial charge in [0.1, 0.15) is 0 Å². The van der Waals surface area contributed by atoms with Crippen molar-refractivity contribution in [2.75, 3.05) is 0 Å². The van der Waals surface area contributed by atoms with E-state index in [-0.39, 0.29) is 0 Å². The Kier molecular flexibility index (Phi) is 2.30. The van der Waals surface area contributed by atoms with Crippen molar-refractivity contribution in [3.8, 4) is 0 Å². The third-order valence-corrected chi connectivity index (χ3v) is 3.30. The van der Waals surface area contributed by atoms with E-state index < -0.39 is 0 Å². The van der Waals surface area contributed by atoms with Gasteiger partial charge in [0.25, 0.3) is 0 Å². The molecular weight excluding hydrogens is 168 g/mol. The maximum atomic E-state index is 7.67. The monoisotopic (exact) mass is 182 g/mol. The second-order valence-corrected chi connectivity index (χ2v) is 4.30. The van der Waals surface area contributed by atoms with Crippen LogP contribution in [0.1, 0.15) is 38.1 Å². The van der Waals surface area contributed by atoms with Crippen LogP contribution in [0.15, 0.2) is 11.6 Å². The molecular formula is C9H14N2S. The largest absolute Gasteiger partial charge is 0.321 e. The topological polar surface area (TPSA) is 28.8 Å². The van der Waals surface area contributed by atoms with Gasteiger partial charge in [-0.15, -0.1) is 11.3 Å². The number of hydrogen-bond acceptors (Lipinski definition) is 2. The Morgan fingerprint density at radius 2 is 2.08 bits per heavy atom. The third kappa shape index (κ3) is 1.46. The van der Waals surface area contributed by atoms with E-state index in [1.807, 2.05) is 5.38 Å². The summed E-state index contributed by atoms with van der Waals surface area (Å²) >= 11 is 1.53. The van der Waals surface area contributed by atoms with Crippen LogP contribution >= 0.6 is 11.3 Å². The van der Waals surface area contributed by atoms with Gasteiger partial charge in [-0.3, -0.25) is 5.41 Å². The Balaban J connectivity index is 2.18. The lowest BCUT2D eigenvalue weighted by molar-refractivity contribution is 0.347. The highest BCUT2D eigenvalue weighted by Gasteiger charge is 2.14. The van der Waals surface area contributed by atoms with E-state index in [9.17, 15) is 0 Å². The fourth-order valence-corrected chi connectivity index (χ4v) is 2.59. The normalized spacial score (nSPS) is 19.7. The molecule has 12 heavy (non-hydrogen) atoms. The maximum absolute atomic E-state index is 7.67. The van der Waals surface area contributed by atoms with Gasteiger partial charge in [-0.2, -0.15) is 0 Å². The molecule has 1 saturated carbocycles. The predicted octanol–water partition coefficient (Wildman–Crippen LogP) is 2.53. The highest BCUT2D eigenvalue weighted by atomic mass is 32.1. The third-order valence-electron chi connectivity index (χ3n) is 2.60. The van der Waals surface area contributed by atoms with Gasteiger partial charge in [0.2, 0.25) is 0 Å². The van der Waals surface area contributed by atoms with Crippen LogP contribution in [-0.4, -0.2) is 4.57 Å². The minimum Gasteiger partial charge on any atom is -0.321 e. The molecule has 0 saturated heterocycles. The number of nitrogens with zero attached hydrogens (tertiary/aromatic N) is 1. The first-order valence-corrected chi connectivity index (χ1v) is 5.46. The van der Waals surface area contributed by atoms with Crippen LogP contribution in [0.25, 0.3) is 0 Å². The lowest BCUT2D eigenvalue weighted by Gasteiger charge is -2.22. The number of rotatable bonds is 1. The van der Waals surface area contributed by atoms with Gasteiger partial charge in [0.05, 0.1) is 0 Å². The van der Waals surface area contributed by atoms with Crippen molar-refractivity contribution in [2.45, 2.75) is 38.1 Å². The highest BCUT2D eigenvalue weighted by Crippen LogP contribution is 2.26. The molecule has 1 aromatic rings. The van der Waals surface area contributed by atoms with Crippen LogP contribution in [0.4, 0.5) is 0 Å². The molecule has 1 N–H and O–H groups in total. The molecule has 0 atom stereocenters. The van der Waals surface area contributed by atoms with E-state index in [2.05, 4.69) is 10.8 Å². The standard InChI is InChI=1S/C9H14N2S/c10-9-11(6-7-12-9)8-4-2-1-3-5-8/h6-8,10H,1-5H2. The number of hydrogen-bond donors (Lipinski definition) is 1. The molecule has 1 heterocycles. The van der Waals surface area contributed by atoms with Gasteiger partial charge >= 0.3 is 0 Å². The van der Waals surface area contributed by atoms with Crippen LogP contribution in [0.2, 0.25) is 0 Å². The van der Waals surface area contributed by atoms with Crippen LogP contribution in [-0.2, 0) is 0 Å². The first-order chi connectivity index (χ1) is 5.88. The Labute approximate surface area is 76.4 Å². The van der Waals surface area contributed by atoms with Crippen molar-refractivity contribution < 1.29 is 0 Å². The SMILES string of the molecule is N=c1sccn1C1CCCCC1. The Morgan fingerprint density at radius 1 is 1.33 bits per heavy atom. The van der Waals surface area contributed by atoms with Crippen molar-refractivity contribution in [3.05, 3.63) is 16.4 Å². The molecule has 1 aliphatic rings. The van der Waals surface area contributed by atoms with Crippen LogP contribution in [0.5, 0.6) is 0 Å². The minimum absolute atomic E-state index is 0.623. The molecule has 2 nitrogen and oxygen atoms in total. The molecule has 0 radical (unpaired) electrons. The van der Waals surface area contributed by atoms with Gasteiger partial charge in [-0.05, 0) is 12.8 Å². The lowest BCUT2D eigenvalue weighted by atomic mass is 9.95. The molecule has 0 unspecified atom stereocenters. The van der Waals surface area contributed by atoms with Crippen molar-refractivity contribution in [1.29, 1.82) is 5.41 Å². The maximum Gasteiger partial charge on any atom is 0.182 e. The number of nitrogens with one attached hydrogen (secondary N) is 1. The minimum atomic E-state index is 0.623. The van der Waals surface area contributed by atoms with Crippen LogP contribution < -0.4 is 4.80 Å². The predicted molar refractivity (Wildman–Crippen MR) is 50.3 cm³/mol. The van der Waals surface area contributed by atoms with E-state index >= 15 is 0 Å². The second kappa shape index (κ2) is 3.44. The molecule has 1 aromatic heterocycles. The molecule has 3 heteroatoms. The van der Waals surface area contributed by atoms with E-state index in [1.165, 1.54) is 43.4 Å². The van der Waals surface area contributed by atoms with Gasteiger partial charge in [-0.1, -0.05) is 19.3 Å². The number of thiazole rings is 1. The van der Waals surface area contributed by atoms with Crippen LogP contribution in [0, 0.1) is 5.41 Å². The van der Waals surface area contributed by atoms with E-state index in [1.54, 1.807) is 0 Å². The average Bonchev–Trinajstić information content (AvgIpc) is 2.53. The first-order valence-electron chi connectivity index (χ1n) is 4.58. The van der Waals surface area contributed by atoms with Gasteiger partial charge in [0, 0.05) is 17.6 Å². The summed E-state index contributed by atoms with van der Waals surface area (Å²) in [6.45, 7) is 0. The Hall–Kier alpha value is -0.570. The molecule has 1 aliphatic carbocycles. The molecule has 0 spiro atoms. The van der Waals surface area contributed by atoms with E-state index in [0.29, 0.717) is 10.8 Å². The fourth-order valence-electron chi connectivity index (χ4n) is 1.94. The van der Waals surface area contributed by atoms with Gasteiger partial charge in [0.15, 0.2) is 4.80 Å². The van der Waals surface area contributed by atoms with Gasteiger partial charge in [-0.25, -0.2) is 0 Å². The molecule has 66 valence electrons. The molecule has 0 aliphatic heterocycles. The lowest BCUT2D eigenvalue weighted by Crippen LogP contribution is -2.20. The van der Waals surface area contributed by atoms with Crippen molar-refractivity contribution in [1.82, 2.24) is 4.57 Å². The van der Waals surface area contributed by atoms with Crippen molar-refractivity contribution >= 4 is 11.3 Å². The number of aromatic nitrogens is 1. The summed E-state index contributed by atoms with van der Waals surface area (Å²) in [4.78, 5) is 0.710. The Bertz CT molecular complexity index is 293. The summed E-state index contributed by atoms with van der Waals surface area (Å²) in [7, 11) is 0. The molecule has 0 amide bonds. The molecule has 2 rings (SSSR count). The second-order valence-electron chi connectivity index (χ2n) is 3.41. The van der Waals surface area contributed by atoms with Crippen molar-refractivity contribution in [2.24, 2.45) is 0 Å². The summed E-state index contributed by atoms with van der Waals surface area (Å²) in [5.41, 5.74) is 0.